The summed E-state index contributed by atoms with van der Waals surface area (Å²) in [6.45, 7) is 29.6. The van der Waals surface area contributed by atoms with Gasteiger partial charge in [0, 0.05) is 136 Å². The molecule has 0 bridgehead atoms. The van der Waals surface area contributed by atoms with E-state index < -0.39 is 0 Å². The van der Waals surface area contributed by atoms with Crippen molar-refractivity contribution in [2.75, 3.05) is 0 Å². The number of fused-ring (bicyclic) bond motifs is 18. The molecule has 16 heteroatoms. The molecule has 0 fully saturated rings. The van der Waals surface area contributed by atoms with E-state index >= 15 is 0 Å². The largest absolute Gasteiger partial charge is 0.512 e. The summed E-state index contributed by atoms with van der Waals surface area (Å²) >= 11 is 0. The molecule has 0 spiro atoms. The number of nitrogens with zero attached hydrogens (tertiary/aromatic N) is 7. The fourth-order valence-corrected chi connectivity index (χ4v) is 15.8. The minimum absolute atomic E-state index is 0. The van der Waals surface area contributed by atoms with Crippen molar-refractivity contribution in [1.29, 1.82) is 0 Å². The third-order valence-electron chi connectivity index (χ3n) is 21.7. The molecule has 2 aliphatic rings. The Hall–Kier alpha value is -13.1. The second-order valence-electron chi connectivity index (χ2n) is 33.1. The van der Waals surface area contributed by atoms with E-state index in [1.807, 2.05) is 83.3 Å². The van der Waals surface area contributed by atoms with E-state index in [2.05, 4.69) is 323 Å². The van der Waals surface area contributed by atoms with Crippen LogP contribution in [0.15, 0.2) is 333 Å². The second-order valence-corrected chi connectivity index (χ2v) is 33.1. The van der Waals surface area contributed by atoms with E-state index in [1.54, 1.807) is 0 Å². The Labute approximate surface area is 808 Å². The van der Waals surface area contributed by atoms with Gasteiger partial charge in [0.1, 0.15) is 0 Å². The Morgan fingerprint density at radius 1 is 0.405 bits per heavy atom. The van der Waals surface area contributed by atoms with Crippen LogP contribution in [-0.2, 0) is 87.8 Å². The third kappa shape index (κ3) is 25.7. The van der Waals surface area contributed by atoms with Crippen LogP contribution >= 0.6 is 0 Å². The molecule has 3 radical (unpaired) electrons. The first kappa shape index (κ1) is 100. The maximum atomic E-state index is 11.0. The van der Waals surface area contributed by atoms with Crippen LogP contribution in [0.1, 0.15) is 106 Å². The standard InChI is InChI=1S/C28H18N3.C18H16N.2C17H14N.C16H12N.C9H16O2.2C5H8O2.3Ir/c1-18-16-30-27-25-17-29-26(20-10-6-3-7-11-20)15-24(25)23-14-21(19-8-4-2-5-9-19)12-13-22(23)28(27)31-18;1-12-4-5-15-6-7-17(19-18(15)11-12)16-9-13(2)8-14(3)10-16;1-12-10-13-6-3-5-9-16(13)18-11-14-7-2-4-8-15(14)17(12)18;1-12-9-13(2)11-15(10-12)17-8-7-14-5-3-4-6-16(14)18-17;1-3-7-14-12(5-1)9-10-17-11-13-6-2-4-8-15(13)16(14)17;1-6(2)8(10)5-9(11)7(3)4;2*1-4(6)3-5(2)7;;;/h2-16H,1H3;4-9,11H,1-3H3;2-10H,11H2,1H3;3-10H,1-2H3;1-10H,11H2;5-7,10H,1-4H3;2*3,6H,1-2H3;;;/q2*-1;+1;-1;+1;;;;;;. The van der Waals surface area contributed by atoms with Crippen LogP contribution in [0.25, 0.3) is 143 Å². The monoisotopic (exact) mass is 2260 g/mol. The number of benzene rings is 12. The fraction of sp³-hybridized carbons (Fsp3) is 0.165. The van der Waals surface area contributed by atoms with Gasteiger partial charge >= 0.3 is 0 Å². The number of aliphatic hydroxyl groups is 3. The number of allylic oxidation sites excluding steroid dienone is 6. The molecule has 13 nitrogen and oxygen atoms in total. The normalized spacial score (nSPS) is 11.4. The van der Waals surface area contributed by atoms with Gasteiger partial charge in [0.2, 0.25) is 16.9 Å². The van der Waals surface area contributed by atoms with Crippen LogP contribution in [0.5, 0.6) is 0 Å². The van der Waals surface area contributed by atoms with Gasteiger partial charge in [0.25, 0.3) is 0 Å². The van der Waals surface area contributed by atoms with Crippen molar-refractivity contribution in [1.82, 2.24) is 24.9 Å². The van der Waals surface area contributed by atoms with Crippen LogP contribution in [0.3, 0.4) is 0 Å². The Morgan fingerprint density at radius 3 is 1.52 bits per heavy atom. The van der Waals surface area contributed by atoms with Crippen LogP contribution in [-0.4, -0.2) is 57.6 Å². The molecular weight excluding hydrogens is 2150 g/mol. The molecule has 0 unspecified atom stereocenters. The van der Waals surface area contributed by atoms with Crippen molar-refractivity contribution in [3.05, 3.63) is 402 Å². The van der Waals surface area contributed by atoms with Crippen molar-refractivity contribution in [3.8, 4) is 67.4 Å². The summed E-state index contributed by atoms with van der Waals surface area (Å²) in [5.41, 5.74) is 30.2. The number of aryl methyl sites for hydroxylation is 7. The molecule has 8 heterocycles. The molecule has 20 rings (SSSR count). The van der Waals surface area contributed by atoms with E-state index in [0.717, 1.165) is 107 Å². The van der Waals surface area contributed by atoms with Crippen molar-refractivity contribution < 1.29 is 99.2 Å². The predicted molar refractivity (Wildman–Crippen MR) is 524 cm³/mol. The minimum Gasteiger partial charge on any atom is -0.512 e. The molecule has 0 saturated heterocycles. The Balaban J connectivity index is 0.000000161. The number of pyridine rings is 5. The summed E-state index contributed by atoms with van der Waals surface area (Å²) in [5.74, 6) is 0.0356. The number of carbonyl (C=O) groups excluding carboxylic acids is 3. The van der Waals surface area contributed by atoms with E-state index in [9.17, 15) is 19.5 Å². The zero-order chi connectivity index (χ0) is 90.8. The van der Waals surface area contributed by atoms with Crippen LogP contribution < -0.4 is 9.13 Å². The number of para-hydroxylation sites is 2. The Bertz CT molecular complexity index is 7200. The zero-order valence-corrected chi connectivity index (χ0v) is 83.5. The summed E-state index contributed by atoms with van der Waals surface area (Å²) < 4.78 is 4.78. The Morgan fingerprint density at radius 2 is 0.931 bits per heavy atom. The van der Waals surface area contributed by atoms with Crippen molar-refractivity contribution in [2.45, 2.75) is 117 Å². The molecule has 2 aliphatic heterocycles. The summed E-state index contributed by atoms with van der Waals surface area (Å²) in [7, 11) is 0. The van der Waals surface area contributed by atoms with E-state index in [1.165, 1.54) is 145 Å². The molecule has 3 N–H and O–H groups in total. The third-order valence-corrected chi connectivity index (χ3v) is 21.7. The van der Waals surface area contributed by atoms with Crippen LogP contribution in [0.4, 0.5) is 0 Å². The van der Waals surface area contributed by atoms with Gasteiger partial charge in [0.15, 0.2) is 36.6 Å². The average molecular weight is 2260 g/mol. The minimum atomic E-state index is -0.125. The van der Waals surface area contributed by atoms with E-state index in [0.29, 0.717) is 0 Å². The van der Waals surface area contributed by atoms with Gasteiger partial charge in [-0.1, -0.05) is 272 Å². The molecule has 665 valence electrons. The van der Waals surface area contributed by atoms with E-state index in [-0.39, 0.29) is 107 Å². The van der Waals surface area contributed by atoms with Crippen LogP contribution in [0.2, 0.25) is 0 Å². The first-order valence-electron chi connectivity index (χ1n) is 43.1. The summed E-state index contributed by atoms with van der Waals surface area (Å²) in [6.07, 6.45) is 10.9. The topological polar surface area (TPSA) is 184 Å². The first-order chi connectivity index (χ1) is 61.6. The van der Waals surface area contributed by atoms with Gasteiger partial charge in [-0.05, 0) is 158 Å². The van der Waals surface area contributed by atoms with Gasteiger partial charge in [0.05, 0.1) is 56.0 Å². The van der Waals surface area contributed by atoms with Gasteiger partial charge in [-0.15, -0.1) is 75.8 Å². The number of aliphatic hydroxyl groups excluding tert-OH is 3. The van der Waals surface area contributed by atoms with Gasteiger partial charge < -0.3 is 25.3 Å². The summed E-state index contributed by atoms with van der Waals surface area (Å²) in [5, 5.41) is 36.5. The molecule has 0 amide bonds. The molecule has 18 aromatic rings. The SMILES string of the molecule is CC(=O)C=C(C)O.CC(=O)C=C(C)O.CC(C)C(=O)C=C(O)C(C)C.Cc1[c-]c(-c2ccc3ccc(C)cc3n2)cc(C)c1.Cc1[c-]c(-c2ccc3ccccc3n2)cc(C)c1.Cc1cc2ccccc2[n+]2c1-c1ccccc1C2.Cc1cnc2c3[c-]nc(-c4ccccc4)cc3c3cc(-c4ccccc4)ccc3c2n1.[Ir].[Ir].[Ir].c1ccc2c(c1)C[n+]1ccc3ccccc3c1-2. The van der Waals surface area contributed by atoms with Crippen molar-refractivity contribution in [3.63, 3.8) is 0 Å². The molecule has 131 heavy (non-hydrogen) atoms. The second kappa shape index (κ2) is 46.4. The zero-order valence-electron chi connectivity index (χ0n) is 76.3. The smallest absolute Gasteiger partial charge is 0.221 e. The number of hydrogen-bond donors (Lipinski definition) is 3. The molecule has 0 atom stereocenters. The fourth-order valence-electron chi connectivity index (χ4n) is 15.8. The maximum absolute atomic E-state index is 11.0. The molecular formula is C115H106Ir3N7O6-. The molecule has 0 aliphatic carbocycles. The number of rotatable bonds is 9. The van der Waals surface area contributed by atoms with Crippen molar-refractivity contribution in [2.24, 2.45) is 11.8 Å². The number of aromatic nitrogens is 7. The maximum Gasteiger partial charge on any atom is 0.221 e. The first-order valence-corrected chi connectivity index (χ1v) is 43.1. The van der Waals surface area contributed by atoms with Gasteiger partial charge in [-0.3, -0.25) is 29.3 Å². The van der Waals surface area contributed by atoms with Crippen LogP contribution in [0, 0.1) is 78.6 Å². The number of ketones is 3. The van der Waals surface area contributed by atoms with Gasteiger partial charge in [-0.2, -0.15) is 9.13 Å². The summed E-state index contributed by atoms with van der Waals surface area (Å²) in [6, 6.07) is 107. The molecule has 12 aromatic carbocycles. The molecule has 6 aromatic heterocycles. The van der Waals surface area contributed by atoms with Crippen molar-refractivity contribution >= 4 is 93.4 Å². The quantitative estimate of drug-likeness (QED) is 0.0411. The summed E-state index contributed by atoms with van der Waals surface area (Å²) in [4.78, 5) is 54.7. The number of carbonyl (C=O) groups is 3. The predicted octanol–water partition coefficient (Wildman–Crippen LogP) is 26.7. The molecule has 0 saturated carbocycles. The number of hydrogen-bond acceptors (Lipinski definition) is 11. The average Bonchev–Trinajstić information content (AvgIpc) is 1.17. The Kier molecular flexibility index (Phi) is 35.4. The van der Waals surface area contributed by atoms with E-state index in [4.69, 9.17) is 30.1 Å². The van der Waals surface area contributed by atoms with Gasteiger partial charge in [-0.25, -0.2) is 0 Å².